The SMILES string of the molecule is COc1cc(-c2[o+]c3cc(O)cc(OC(C)=O)c3cc2O[C@@H]2O[C@H](CO)[C@@H](O)[C@H](O)[C@H]2O)ccc1O. The first-order valence-electron chi connectivity index (χ1n) is 10.8. The number of aromatic hydroxyl groups is 2. The van der Waals surface area contributed by atoms with Crippen LogP contribution in [0.25, 0.3) is 22.3 Å². The molecular formula is C24H25O12+. The van der Waals surface area contributed by atoms with Gasteiger partial charge in [-0.25, -0.2) is 4.42 Å². The van der Waals surface area contributed by atoms with Crippen LogP contribution in [-0.4, -0.2) is 81.0 Å². The number of phenolic OH excluding ortho intramolecular Hbond substituents is 2. The van der Waals surface area contributed by atoms with Gasteiger partial charge in [-0.05, 0) is 12.1 Å². The summed E-state index contributed by atoms with van der Waals surface area (Å²) >= 11 is 0. The third-order valence-corrected chi connectivity index (χ3v) is 5.59. The number of carbonyl (C=O) groups is 1. The zero-order valence-electron chi connectivity index (χ0n) is 19.2. The Bertz CT molecular complexity index is 1270. The van der Waals surface area contributed by atoms with Gasteiger partial charge < -0.3 is 49.6 Å². The molecule has 1 aliphatic heterocycles. The summed E-state index contributed by atoms with van der Waals surface area (Å²) in [6.07, 6.45) is -7.78. The maximum atomic E-state index is 11.6. The van der Waals surface area contributed by atoms with Crippen LogP contribution in [0.5, 0.6) is 28.7 Å². The molecule has 0 aliphatic carbocycles. The second kappa shape index (κ2) is 10.1. The fourth-order valence-electron chi connectivity index (χ4n) is 3.81. The summed E-state index contributed by atoms with van der Waals surface area (Å²) in [5.74, 6) is -1.04. The van der Waals surface area contributed by atoms with Crippen molar-refractivity contribution in [2.45, 2.75) is 37.6 Å². The molecule has 0 saturated carbocycles. The number of fused-ring (bicyclic) bond motifs is 1. The summed E-state index contributed by atoms with van der Waals surface area (Å²) in [5, 5.41) is 60.5. The van der Waals surface area contributed by atoms with Crippen molar-refractivity contribution >= 4 is 16.9 Å². The van der Waals surface area contributed by atoms with Gasteiger partial charge in [0, 0.05) is 25.1 Å². The van der Waals surface area contributed by atoms with E-state index in [0.717, 1.165) is 0 Å². The summed E-state index contributed by atoms with van der Waals surface area (Å²) in [6, 6.07) is 8.14. The largest absolute Gasteiger partial charge is 0.507 e. The normalized spacial score (nSPS) is 23.9. The summed E-state index contributed by atoms with van der Waals surface area (Å²) in [6.45, 7) is 0.514. The Labute approximate surface area is 204 Å². The monoisotopic (exact) mass is 505 g/mol. The molecule has 2 heterocycles. The van der Waals surface area contributed by atoms with E-state index in [2.05, 4.69) is 0 Å². The van der Waals surface area contributed by atoms with Gasteiger partial charge in [-0.1, -0.05) is 0 Å². The quantitative estimate of drug-likeness (QED) is 0.158. The molecule has 4 rings (SSSR count). The minimum atomic E-state index is -1.71. The fraction of sp³-hybridized carbons (Fsp3) is 0.333. The number of aliphatic hydroxyl groups is 4. The number of aliphatic hydroxyl groups excluding tert-OH is 4. The van der Waals surface area contributed by atoms with Crippen molar-refractivity contribution in [1.29, 1.82) is 0 Å². The zero-order valence-corrected chi connectivity index (χ0v) is 19.2. The Hall–Kier alpha value is -3.68. The van der Waals surface area contributed by atoms with E-state index in [1.807, 2.05) is 0 Å². The van der Waals surface area contributed by atoms with Gasteiger partial charge in [0.2, 0.25) is 12.0 Å². The Balaban J connectivity index is 1.89. The van der Waals surface area contributed by atoms with E-state index in [1.165, 1.54) is 50.4 Å². The minimum Gasteiger partial charge on any atom is -0.507 e. The van der Waals surface area contributed by atoms with Crippen molar-refractivity contribution in [3.63, 3.8) is 0 Å². The van der Waals surface area contributed by atoms with Gasteiger partial charge in [-0.3, -0.25) is 4.79 Å². The molecule has 12 heteroatoms. The molecule has 5 atom stereocenters. The van der Waals surface area contributed by atoms with Crippen molar-refractivity contribution in [3.05, 3.63) is 36.4 Å². The van der Waals surface area contributed by atoms with Crippen LogP contribution < -0.4 is 14.2 Å². The van der Waals surface area contributed by atoms with Crippen LogP contribution in [0.3, 0.4) is 0 Å². The van der Waals surface area contributed by atoms with Gasteiger partial charge in [0.1, 0.15) is 35.6 Å². The lowest BCUT2D eigenvalue weighted by atomic mass is 9.99. The lowest BCUT2D eigenvalue weighted by Gasteiger charge is -2.39. The van der Waals surface area contributed by atoms with Crippen molar-refractivity contribution < 1.29 is 58.8 Å². The molecule has 0 amide bonds. The molecule has 0 unspecified atom stereocenters. The van der Waals surface area contributed by atoms with Crippen LogP contribution in [0.2, 0.25) is 0 Å². The molecule has 1 aromatic heterocycles. The standard InChI is InChI=1S/C24H24O12/c1-10(26)33-15-6-12(27)7-16-13(15)8-18(23(34-16)11-3-4-14(28)17(5-11)32-2)35-24-22(31)21(30)20(29)19(9-25)36-24/h3-8,19-22,24-25,29-31H,9H2,1-2H3,(H-,27,28)/p+1/t19-,20-,21+,22-,24-/m1/s1. The molecule has 3 aromatic rings. The van der Waals surface area contributed by atoms with Gasteiger partial charge in [0.25, 0.3) is 0 Å². The summed E-state index contributed by atoms with van der Waals surface area (Å²) in [7, 11) is 1.35. The first kappa shape index (κ1) is 25.4. The highest BCUT2D eigenvalue weighted by Crippen LogP contribution is 2.42. The van der Waals surface area contributed by atoms with E-state index in [0.29, 0.717) is 5.56 Å². The number of hydrogen-bond donors (Lipinski definition) is 6. The number of methoxy groups -OCH3 is 1. The van der Waals surface area contributed by atoms with E-state index in [9.17, 15) is 35.4 Å². The lowest BCUT2D eigenvalue weighted by Crippen LogP contribution is -2.60. The van der Waals surface area contributed by atoms with Gasteiger partial charge in [-0.2, -0.15) is 0 Å². The first-order chi connectivity index (χ1) is 17.1. The number of ether oxygens (including phenoxy) is 4. The Kier molecular flexibility index (Phi) is 7.15. The molecule has 0 radical (unpaired) electrons. The number of hydrogen-bond acceptors (Lipinski definition) is 11. The predicted molar refractivity (Wildman–Crippen MR) is 122 cm³/mol. The molecule has 12 nitrogen and oxygen atoms in total. The number of carbonyl (C=O) groups excluding carboxylic acids is 1. The van der Waals surface area contributed by atoms with Crippen molar-refractivity contribution in [2.75, 3.05) is 13.7 Å². The van der Waals surface area contributed by atoms with E-state index in [4.69, 9.17) is 23.4 Å². The molecule has 1 aliphatic rings. The highest BCUT2D eigenvalue weighted by atomic mass is 16.7. The third kappa shape index (κ3) is 4.85. The number of phenols is 2. The van der Waals surface area contributed by atoms with E-state index in [-0.39, 0.29) is 45.5 Å². The number of benzene rings is 2. The van der Waals surface area contributed by atoms with Crippen LogP contribution in [0, 0.1) is 0 Å². The minimum absolute atomic E-state index is 0.0251. The highest BCUT2D eigenvalue weighted by Gasteiger charge is 2.45. The molecule has 1 fully saturated rings. The Morgan fingerprint density at radius 2 is 1.75 bits per heavy atom. The number of esters is 1. The Morgan fingerprint density at radius 1 is 1.00 bits per heavy atom. The lowest BCUT2D eigenvalue weighted by molar-refractivity contribution is -0.277. The summed E-state index contributed by atoms with van der Waals surface area (Å²) < 4.78 is 27.6. The van der Waals surface area contributed by atoms with Crippen molar-refractivity contribution in [1.82, 2.24) is 0 Å². The van der Waals surface area contributed by atoms with Gasteiger partial charge in [0.15, 0.2) is 17.2 Å². The second-order valence-electron chi connectivity index (χ2n) is 8.09. The third-order valence-electron chi connectivity index (χ3n) is 5.59. The Morgan fingerprint density at radius 3 is 2.42 bits per heavy atom. The molecule has 0 bridgehead atoms. The summed E-state index contributed by atoms with van der Waals surface area (Å²) in [5.41, 5.74) is 0.429. The van der Waals surface area contributed by atoms with E-state index in [1.54, 1.807) is 0 Å². The highest BCUT2D eigenvalue weighted by molar-refractivity contribution is 5.90. The van der Waals surface area contributed by atoms with E-state index < -0.39 is 43.3 Å². The second-order valence-corrected chi connectivity index (χ2v) is 8.09. The smallest absolute Gasteiger partial charge is 0.402 e. The van der Waals surface area contributed by atoms with E-state index >= 15 is 0 Å². The van der Waals surface area contributed by atoms with Gasteiger partial charge in [0.05, 0.1) is 25.3 Å². The molecule has 6 N–H and O–H groups in total. The molecular weight excluding hydrogens is 480 g/mol. The van der Waals surface area contributed by atoms with Crippen LogP contribution in [0.4, 0.5) is 0 Å². The number of rotatable bonds is 6. The first-order valence-corrected chi connectivity index (χ1v) is 10.8. The molecule has 192 valence electrons. The topological polar surface area (TPSA) is 187 Å². The average molecular weight is 505 g/mol. The summed E-state index contributed by atoms with van der Waals surface area (Å²) in [4.78, 5) is 11.6. The van der Waals surface area contributed by atoms with Crippen LogP contribution in [0.1, 0.15) is 6.92 Å². The fourth-order valence-corrected chi connectivity index (χ4v) is 3.81. The molecule has 1 saturated heterocycles. The molecule has 36 heavy (non-hydrogen) atoms. The average Bonchev–Trinajstić information content (AvgIpc) is 2.84. The van der Waals surface area contributed by atoms with Crippen LogP contribution >= 0.6 is 0 Å². The van der Waals surface area contributed by atoms with Gasteiger partial charge in [-0.15, -0.1) is 0 Å². The predicted octanol–water partition coefficient (Wildman–Crippen LogP) is 0.905. The van der Waals surface area contributed by atoms with Crippen molar-refractivity contribution in [3.8, 4) is 40.1 Å². The van der Waals surface area contributed by atoms with Crippen LogP contribution in [0.15, 0.2) is 40.8 Å². The van der Waals surface area contributed by atoms with Crippen LogP contribution in [-0.2, 0) is 9.53 Å². The van der Waals surface area contributed by atoms with Crippen molar-refractivity contribution in [2.24, 2.45) is 0 Å². The molecule has 0 spiro atoms. The molecule has 2 aromatic carbocycles. The maximum absolute atomic E-state index is 11.6. The zero-order chi connectivity index (χ0) is 26.1. The van der Waals surface area contributed by atoms with Gasteiger partial charge >= 0.3 is 17.3 Å². The maximum Gasteiger partial charge on any atom is 0.402 e.